The van der Waals surface area contributed by atoms with Crippen LogP contribution in [0.3, 0.4) is 0 Å². The molecule has 3 aliphatic rings. The van der Waals surface area contributed by atoms with E-state index in [4.69, 9.17) is 4.99 Å². The minimum Gasteiger partial charge on any atom is -0.309 e. The Morgan fingerprint density at radius 1 is 0.533 bits per heavy atom. The lowest BCUT2D eigenvalue weighted by Crippen LogP contribution is -2.18. The van der Waals surface area contributed by atoms with E-state index < -0.39 is 0 Å². The first-order valence-corrected chi connectivity index (χ1v) is 22.5. The number of hydrogen-bond donors (Lipinski definition) is 0. The smallest absolute Gasteiger partial charge is 0.102 e. The van der Waals surface area contributed by atoms with Crippen LogP contribution in [0.25, 0.3) is 64.3 Å². The summed E-state index contributed by atoms with van der Waals surface area (Å²) in [6.07, 6.45) is 8.91. The Hall–Kier alpha value is -6.46. The van der Waals surface area contributed by atoms with Crippen LogP contribution < -0.4 is 4.90 Å². The van der Waals surface area contributed by atoms with E-state index in [0.717, 1.165) is 16.4 Å². The lowest BCUT2D eigenvalue weighted by atomic mass is 9.82. The Labute approximate surface area is 358 Å². The zero-order valence-electron chi connectivity index (χ0n) is 33.3. The van der Waals surface area contributed by atoms with Gasteiger partial charge >= 0.3 is 0 Å². The van der Waals surface area contributed by atoms with Crippen molar-refractivity contribution in [1.82, 2.24) is 0 Å². The average Bonchev–Trinajstić information content (AvgIpc) is 3.98. The summed E-state index contributed by atoms with van der Waals surface area (Å²) in [4.78, 5) is 8.11. The van der Waals surface area contributed by atoms with E-state index in [9.17, 15) is 0 Å². The first-order valence-electron chi connectivity index (χ1n) is 20.8. The zero-order valence-corrected chi connectivity index (χ0v) is 35.0. The molecule has 60 heavy (non-hydrogen) atoms. The van der Waals surface area contributed by atoms with Gasteiger partial charge in [-0.05, 0) is 74.8 Å². The molecule has 1 aliphatic heterocycles. The highest BCUT2D eigenvalue weighted by Gasteiger charge is 2.37. The molecule has 0 saturated heterocycles. The molecule has 0 bridgehead atoms. The molecular weight excluding hydrogens is 765 g/mol. The second-order valence-electron chi connectivity index (χ2n) is 16.6. The summed E-state index contributed by atoms with van der Waals surface area (Å²) in [5.41, 5.74) is 14.7. The molecule has 0 spiro atoms. The van der Waals surface area contributed by atoms with Gasteiger partial charge in [-0.1, -0.05) is 189 Å². The molecule has 0 saturated carbocycles. The fraction of sp³-hybridized carbons (Fsp3) is 0.0893. The molecule has 2 aliphatic carbocycles. The van der Waals surface area contributed by atoms with Gasteiger partial charge in [0.1, 0.15) is 5.04 Å². The first-order chi connectivity index (χ1) is 29.5. The highest BCUT2D eigenvalue weighted by molar-refractivity contribution is 8.15. The number of thiophene rings is 1. The highest BCUT2D eigenvalue weighted by Crippen LogP contribution is 2.54. The predicted octanol–water partition coefficient (Wildman–Crippen LogP) is 15.7. The molecule has 4 heteroatoms. The Balaban J connectivity index is 1.12. The molecule has 2 unspecified atom stereocenters. The largest absolute Gasteiger partial charge is 0.309 e. The van der Waals surface area contributed by atoms with E-state index >= 15 is 0 Å². The van der Waals surface area contributed by atoms with Crippen LogP contribution in [0.4, 0.5) is 17.1 Å². The van der Waals surface area contributed by atoms with Crippen LogP contribution in [-0.2, 0) is 5.41 Å². The third-order valence-corrected chi connectivity index (χ3v) is 15.2. The molecule has 8 aromatic carbocycles. The molecule has 12 rings (SSSR count). The van der Waals surface area contributed by atoms with E-state index in [2.05, 4.69) is 213 Å². The van der Waals surface area contributed by atoms with Crippen LogP contribution in [0.1, 0.15) is 30.5 Å². The van der Waals surface area contributed by atoms with Crippen molar-refractivity contribution in [3.63, 3.8) is 0 Å². The summed E-state index contributed by atoms with van der Waals surface area (Å²) in [7, 11) is 0. The van der Waals surface area contributed by atoms with Crippen LogP contribution in [0, 0.1) is 0 Å². The summed E-state index contributed by atoms with van der Waals surface area (Å²) in [6, 6.07) is 63.0. The normalized spacial score (nSPS) is 17.2. The molecule has 2 nitrogen and oxygen atoms in total. The minimum absolute atomic E-state index is 0.106. The molecule has 9 aromatic rings. The number of fused-ring (bicyclic) bond motifs is 9. The number of rotatable bonds is 6. The van der Waals surface area contributed by atoms with E-state index in [-0.39, 0.29) is 16.7 Å². The monoisotopic (exact) mass is 804 g/mol. The summed E-state index contributed by atoms with van der Waals surface area (Å²) >= 11 is 3.80. The van der Waals surface area contributed by atoms with Gasteiger partial charge in [-0.25, -0.2) is 0 Å². The molecule has 0 N–H and O–H groups in total. The van der Waals surface area contributed by atoms with Crippen LogP contribution in [0.2, 0.25) is 0 Å². The summed E-state index contributed by atoms with van der Waals surface area (Å²) in [6.45, 7) is 4.75. The molecule has 2 atom stereocenters. The molecular formula is C56H40N2S2. The highest BCUT2D eigenvalue weighted by atomic mass is 32.2. The van der Waals surface area contributed by atoms with Gasteiger partial charge < -0.3 is 4.90 Å². The van der Waals surface area contributed by atoms with Crippen molar-refractivity contribution in [3.8, 4) is 33.4 Å². The number of thioether (sulfide) groups is 1. The predicted molar refractivity (Wildman–Crippen MR) is 260 cm³/mol. The molecule has 1 aromatic heterocycles. The number of nitrogens with zero attached hydrogens (tertiary/aromatic N) is 2. The van der Waals surface area contributed by atoms with Gasteiger partial charge in [0.05, 0.1) is 17.0 Å². The van der Waals surface area contributed by atoms with Crippen molar-refractivity contribution in [2.45, 2.75) is 30.6 Å². The van der Waals surface area contributed by atoms with Crippen LogP contribution >= 0.6 is 23.1 Å². The lowest BCUT2D eigenvalue weighted by molar-refractivity contribution is 0.660. The Kier molecular flexibility index (Phi) is 8.16. The molecule has 2 heterocycles. The van der Waals surface area contributed by atoms with Gasteiger partial charge in [-0.2, -0.15) is 0 Å². The van der Waals surface area contributed by atoms with Crippen molar-refractivity contribution in [3.05, 3.63) is 211 Å². The maximum atomic E-state index is 5.56. The maximum absolute atomic E-state index is 5.56. The first kappa shape index (κ1) is 35.5. The van der Waals surface area contributed by atoms with Crippen molar-refractivity contribution in [1.29, 1.82) is 0 Å². The third-order valence-electron chi connectivity index (χ3n) is 12.8. The van der Waals surface area contributed by atoms with Crippen LogP contribution in [-0.4, -0.2) is 16.3 Å². The van der Waals surface area contributed by atoms with Crippen LogP contribution in [0.15, 0.2) is 199 Å². The second-order valence-corrected chi connectivity index (χ2v) is 18.8. The maximum Gasteiger partial charge on any atom is 0.102 e. The van der Waals surface area contributed by atoms with E-state index in [1.807, 2.05) is 23.1 Å². The number of allylic oxidation sites excluding steroid dienone is 2. The zero-order chi connectivity index (χ0) is 40.0. The fourth-order valence-electron chi connectivity index (χ4n) is 9.81. The van der Waals surface area contributed by atoms with Crippen molar-refractivity contribution >= 4 is 76.1 Å². The van der Waals surface area contributed by atoms with E-state index in [1.165, 1.54) is 86.7 Å². The topological polar surface area (TPSA) is 15.6 Å². The average molecular weight is 805 g/mol. The Morgan fingerprint density at radius 3 is 1.90 bits per heavy atom. The summed E-state index contributed by atoms with van der Waals surface area (Å²) < 4.78 is 2.61. The second kappa shape index (κ2) is 13.8. The number of hydrogen-bond acceptors (Lipinski definition) is 4. The van der Waals surface area contributed by atoms with Crippen molar-refractivity contribution in [2.75, 3.05) is 4.90 Å². The standard InChI is InChI=1S/C56H40N2S2/c1-56(2)46-20-10-8-16-41(46)42-33-32-40(34-47(42)56)58(39-30-28-38(29-31-39)37-26-24-36(25-27-37)35-14-4-3-5-15-35)53-43-17-6-7-18-44(43)54-51(45-19-9-12-22-49(45)59-54)52(53)55-57-48-21-11-13-23-50(48)60-55/h3-34,48,50H,1-2H3. The molecule has 0 fully saturated rings. The minimum atomic E-state index is -0.151. The Morgan fingerprint density at radius 2 is 1.13 bits per heavy atom. The summed E-state index contributed by atoms with van der Waals surface area (Å²) in [5, 5.41) is 6.43. The molecule has 0 amide bonds. The molecule has 286 valence electrons. The van der Waals surface area contributed by atoms with Crippen LogP contribution in [0.5, 0.6) is 0 Å². The Bertz CT molecular complexity index is 3260. The number of aliphatic imine (C=N–C) groups is 1. The lowest BCUT2D eigenvalue weighted by Gasteiger charge is -2.31. The van der Waals surface area contributed by atoms with Gasteiger partial charge in [0.25, 0.3) is 0 Å². The van der Waals surface area contributed by atoms with E-state index in [1.54, 1.807) is 0 Å². The number of benzene rings is 8. The van der Waals surface area contributed by atoms with E-state index in [0.29, 0.717) is 0 Å². The quantitative estimate of drug-likeness (QED) is 0.166. The van der Waals surface area contributed by atoms with Gasteiger partial charge in [-0.15, -0.1) is 11.3 Å². The van der Waals surface area contributed by atoms with Gasteiger partial charge in [0.15, 0.2) is 0 Å². The fourth-order valence-corrected chi connectivity index (χ4v) is 12.3. The van der Waals surface area contributed by atoms with Crippen molar-refractivity contribution < 1.29 is 0 Å². The van der Waals surface area contributed by atoms with Gasteiger partial charge in [0, 0.05) is 53.3 Å². The third kappa shape index (κ3) is 5.51. The van der Waals surface area contributed by atoms with Gasteiger partial charge in [-0.3, -0.25) is 4.99 Å². The summed E-state index contributed by atoms with van der Waals surface area (Å²) in [5.74, 6) is 0. The van der Waals surface area contributed by atoms with Crippen molar-refractivity contribution in [2.24, 2.45) is 4.99 Å². The van der Waals surface area contributed by atoms with Gasteiger partial charge in [0.2, 0.25) is 0 Å². The molecule has 0 radical (unpaired) electrons. The number of anilines is 3. The SMILES string of the molecule is CC1(C)c2ccccc2-c2ccc(N(c3ccc(-c4ccc(-c5ccccc5)cc4)cc3)c3c(C4=NC5C=CC=CC5S4)c4c5ccccc5sc4c4ccccc34)cc21.